The first-order chi connectivity index (χ1) is 9.60. The van der Waals surface area contributed by atoms with Crippen LogP contribution in [0.2, 0.25) is 0 Å². The number of amides is 2. The van der Waals surface area contributed by atoms with Gasteiger partial charge in [0.2, 0.25) is 5.91 Å². The number of carbonyl (C=O) groups excluding carboxylic acids is 2. The third kappa shape index (κ3) is 2.33. The van der Waals surface area contributed by atoms with Gasteiger partial charge in [0.25, 0.3) is 5.91 Å². The highest BCUT2D eigenvalue weighted by Crippen LogP contribution is 2.31. The number of hydrogen-bond donors (Lipinski definition) is 1. The molecule has 0 atom stereocenters. The molecule has 6 heteroatoms. The Morgan fingerprint density at radius 3 is 2.30 bits per heavy atom. The molecule has 2 amide bonds. The SMILES string of the molecule is NC1(C(=O)N2CCN(C(=O)c3ccsc3)CC2)CCC1. The van der Waals surface area contributed by atoms with Gasteiger partial charge in [0.05, 0.1) is 11.1 Å². The molecule has 20 heavy (non-hydrogen) atoms. The van der Waals surface area contributed by atoms with Crippen molar-refractivity contribution in [2.45, 2.75) is 24.8 Å². The van der Waals surface area contributed by atoms with Crippen LogP contribution in [0.25, 0.3) is 0 Å². The molecule has 0 bridgehead atoms. The average Bonchev–Trinajstić information content (AvgIpc) is 2.97. The van der Waals surface area contributed by atoms with Crippen molar-refractivity contribution in [2.24, 2.45) is 5.73 Å². The summed E-state index contributed by atoms with van der Waals surface area (Å²) >= 11 is 1.52. The molecule has 1 saturated carbocycles. The zero-order valence-electron chi connectivity index (χ0n) is 11.4. The summed E-state index contributed by atoms with van der Waals surface area (Å²) in [5, 5.41) is 3.77. The molecule has 1 aliphatic carbocycles. The second-order valence-corrected chi connectivity index (χ2v) is 6.39. The van der Waals surface area contributed by atoms with Crippen molar-refractivity contribution >= 4 is 23.2 Å². The third-order valence-corrected chi connectivity index (χ3v) is 4.98. The number of nitrogens with zero attached hydrogens (tertiary/aromatic N) is 2. The molecular formula is C14H19N3O2S. The Balaban J connectivity index is 1.57. The lowest BCUT2D eigenvalue weighted by Gasteiger charge is -2.43. The molecule has 0 spiro atoms. The smallest absolute Gasteiger partial charge is 0.254 e. The highest BCUT2D eigenvalue weighted by atomic mass is 32.1. The molecule has 0 aromatic carbocycles. The van der Waals surface area contributed by atoms with Crippen LogP contribution in [-0.4, -0.2) is 53.3 Å². The highest BCUT2D eigenvalue weighted by Gasteiger charge is 2.43. The second kappa shape index (κ2) is 5.18. The number of nitrogens with two attached hydrogens (primary N) is 1. The Labute approximate surface area is 122 Å². The van der Waals surface area contributed by atoms with Gasteiger partial charge in [-0.1, -0.05) is 0 Å². The van der Waals surface area contributed by atoms with Gasteiger partial charge in [-0.05, 0) is 30.7 Å². The van der Waals surface area contributed by atoms with Gasteiger partial charge in [-0.25, -0.2) is 0 Å². The van der Waals surface area contributed by atoms with Gasteiger partial charge >= 0.3 is 0 Å². The number of rotatable bonds is 2. The molecule has 0 radical (unpaired) electrons. The van der Waals surface area contributed by atoms with Crippen molar-refractivity contribution in [3.8, 4) is 0 Å². The van der Waals surface area contributed by atoms with Crippen LogP contribution in [0.1, 0.15) is 29.6 Å². The van der Waals surface area contributed by atoms with Gasteiger partial charge in [-0.15, -0.1) is 0 Å². The van der Waals surface area contributed by atoms with Crippen molar-refractivity contribution in [1.29, 1.82) is 0 Å². The Morgan fingerprint density at radius 1 is 1.15 bits per heavy atom. The van der Waals surface area contributed by atoms with E-state index in [1.165, 1.54) is 11.3 Å². The van der Waals surface area contributed by atoms with Crippen LogP contribution in [0.15, 0.2) is 16.8 Å². The molecule has 2 fully saturated rings. The molecule has 108 valence electrons. The van der Waals surface area contributed by atoms with E-state index in [4.69, 9.17) is 5.73 Å². The van der Waals surface area contributed by atoms with Crippen LogP contribution in [-0.2, 0) is 4.79 Å². The van der Waals surface area contributed by atoms with E-state index in [0.29, 0.717) is 26.2 Å². The fourth-order valence-corrected chi connectivity index (χ4v) is 3.40. The van der Waals surface area contributed by atoms with Gasteiger partial charge < -0.3 is 15.5 Å². The summed E-state index contributed by atoms with van der Waals surface area (Å²) in [6, 6.07) is 1.84. The summed E-state index contributed by atoms with van der Waals surface area (Å²) in [6.45, 7) is 2.37. The van der Waals surface area contributed by atoms with Gasteiger partial charge in [0.1, 0.15) is 0 Å². The van der Waals surface area contributed by atoms with Crippen LogP contribution in [0, 0.1) is 0 Å². The van der Waals surface area contributed by atoms with E-state index in [1.54, 1.807) is 0 Å². The molecule has 2 aliphatic rings. The minimum absolute atomic E-state index is 0.0597. The maximum absolute atomic E-state index is 12.3. The van der Waals surface area contributed by atoms with E-state index in [2.05, 4.69) is 0 Å². The van der Waals surface area contributed by atoms with Crippen molar-refractivity contribution < 1.29 is 9.59 Å². The first-order valence-corrected chi connectivity index (χ1v) is 7.94. The Kier molecular flexibility index (Phi) is 3.52. The summed E-state index contributed by atoms with van der Waals surface area (Å²) in [5.41, 5.74) is 6.19. The molecule has 1 aromatic rings. The van der Waals surface area contributed by atoms with E-state index in [0.717, 1.165) is 24.8 Å². The van der Waals surface area contributed by atoms with Gasteiger partial charge in [-0.3, -0.25) is 9.59 Å². The Morgan fingerprint density at radius 2 is 1.80 bits per heavy atom. The minimum atomic E-state index is -0.625. The standard InChI is InChI=1S/C14H19N3O2S/c15-14(3-1-4-14)13(19)17-7-5-16(6-8-17)12(18)11-2-9-20-10-11/h2,9-10H,1,3-8,15H2. The molecule has 5 nitrogen and oxygen atoms in total. The van der Waals surface area contributed by atoms with Crippen molar-refractivity contribution in [3.63, 3.8) is 0 Å². The lowest BCUT2D eigenvalue weighted by atomic mass is 9.76. The molecule has 3 rings (SSSR count). The van der Waals surface area contributed by atoms with Gasteiger partial charge in [-0.2, -0.15) is 11.3 Å². The van der Waals surface area contributed by atoms with Gasteiger partial charge in [0, 0.05) is 31.6 Å². The molecule has 0 unspecified atom stereocenters. The molecule has 2 heterocycles. The van der Waals surface area contributed by atoms with Gasteiger partial charge in [0.15, 0.2) is 0 Å². The predicted octanol–water partition coefficient (Wildman–Crippen LogP) is 0.914. The summed E-state index contributed by atoms with van der Waals surface area (Å²) in [7, 11) is 0. The summed E-state index contributed by atoms with van der Waals surface area (Å²) in [4.78, 5) is 28.1. The van der Waals surface area contributed by atoms with Crippen molar-refractivity contribution in [2.75, 3.05) is 26.2 Å². The Bertz CT molecular complexity index is 502. The lowest BCUT2D eigenvalue weighted by molar-refractivity contribution is -0.141. The van der Waals surface area contributed by atoms with E-state index < -0.39 is 5.54 Å². The maximum Gasteiger partial charge on any atom is 0.254 e. The number of piperazine rings is 1. The first-order valence-electron chi connectivity index (χ1n) is 7.00. The predicted molar refractivity (Wildman–Crippen MR) is 77.6 cm³/mol. The minimum Gasteiger partial charge on any atom is -0.338 e. The van der Waals surface area contributed by atoms with E-state index in [9.17, 15) is 9.59 Å². The fourth-order valence-electron chi connectivity index (χ4n) is 2.77. The Hall–Kier alpha value is -1.40. The topological polar surface area (TPSA) is 66.6 Å². The van der Waals surface area contributed by atoms with E-state index in [-0.39, 0.29) is 11.8 Å². The van der Waals surface area contributed by atoms with Crippen molar-refractivity contribution in [1.82, 2.24) is 9.80 Å². The molecule has 2 N–H and O–H groups in total. The summed E-state index contributed by atoms with van der Waals surface area (Å²) < 4.78 is 0. The maximum atomic E-state index is 12.3. The molecular weight excluding hydrogens is 274 g/mol. The van der Waals surface area contributed by atoms with Crippen LogP contribution < -0.4 is 5.73 Å². The lowest BCUT2D eigenvalue weighted by Crippen LogP contribution is -2.62. The molecule has 1 aliphatic heterocycles. The zero-order chi connectivity index (χ0) is 14.2. The van der Waals surface area contributed by atoms with Crippen LogP contribution in [0.3, 0.4) is 0 Å². The summed E-state index contributed by atoms with van der Waals surface area (Å²) in [6.07, 6.45) is 2.62. The molecule has 1 saturated heterocycles. The normalized spacial score (nSPS) is 21.4. The van der Waals surface area contributed by atoms with Crippen LogP contribution in [0.4, 0.5) is 0 Å². The van der Waals surface area contributed by atoms with Crippen LogP contribution >= 0.6 is 11.3 Å². The largest absolute Gasteiger partial charge is 0.338 e. The van der Waals surface area contributed by atoms with Crippen molar-refractivity contribution in [3.05, 3.63) is 22.4 Å². The second-order valence-electron chi connectivity index (χ2n) is 5.61. The molecule has 1 aromatic heterocycles. The number of hydrogen-bond acceptors (Lipinski definition) is 4. The van der Waals surface area contributed by atoms with E-state index >= 15 is 0 Å². The number of thiophene rings is 1. The quantitative estimate of drug-likeness (QED) is 0.881. The average molecular weight is 293 g/mol. The fraction of sp³-hybridized carbons (Fsp3) is 0.571. The highest BCUT2D eigenvalue weighted by molar-refractivity contribution is 7.08. The zero-order valence-corrected chi connectivity index (χ0v) is 12.2. The first kappa shape index (κ1) is 13.6. The van der Waals surface area contributed by atoms with E-state index in [1.807, 2.05) is 26.6 Å². The monoisotopic (exact) mass is 293 g/mol. The summed E-state index contributed by atoms with van der Waals surface area (Å²) in [5.74, 6) is 0.121. The number of carbonyl (C=O) groups is 2. The van der Waals surface area contributed by atoms with Crippen LogP contribution in [0.5, 0.6) is 0 Å². The third-order valence-electron chi connectivity index (χ3n) is 4.29.